The van der Waals surface area contributed by atoms with Gasteiger partial charge in [-0.2, -0.15) is 0 Å². The highest BCUT2D eigenvalue weighted by atomic mass is 80.0. The first kappa shape index (κ1) is 10.2. The van der Waals surface area contributed by atoms with Gasteiger partial charge in [0.05, 0.1) is 4.83 Å². The van der Waals surface area contributed by atoms with E-state index in [2.05, 4.69) is 63.7 Å². The fourth-order valence-corrected chi connectivity index (χ4v) is 1.36. The van der Waals surface area contributed by atoms with E-state index in [0.29, 0.717) is 5.88 Å². The van der Waals surface area contributed by atoms with E-state index in [4.69, 9.17) is 11.6 Å². The minimum absolute atomic E-state index is 0.177. The Morgan fingerprint density at radius 2 is 1.75 bits per heavy atom. The van der Waals surface area contributed by atoms with E-state index in [0.717, 1.165) is 0 Å². The van der Waals surface area contributed by atoms with Crippen LogP contribution in [0.3, 0.4) is 0 Å². The second kappa shape index (κ2) is 4.16. The number of alkyl halides is 5. The van der Waals surface area contributed by atoms with Crippen LogP contribution in [0.4, 0.5) is 0 Å². The van der Waals surface area contributed by atoms with E-state index in [1.54, 1.807) is 0 Å². The second-order valence-electron chi connectivity index (χ2n) is 1.16. The van der Waals surface area contributed by atoms with Gasteiger partial charge in [-0.05, 0) is 0 Å². The summed E-state index contributed by atoms with van der Waals surface area (Å²) in [4.78, 5) is 0.177. The number of halogens is 5. The van der Waals surface area contributed by atoms with Crippen LogP contribution in [0.2, 0.25) is 0 Å². The van der Waals surface area contributed by atoms with E-state index in [1.165, 1.54) is 0 Å². The van der Waals surface area contributed by atoms with E-state index in [-0.39, 0.29) is 6.97 Å². The SMILES string of the molecule is ClCC(Br)C(Br)(Br)Br. The predicted octanol–water partition coefficient (Wildman–Crippen LogP) is 3.83. The van der Waals surface area contributed by atoms with Crippen molar-refractivity contribution in [1.82, 2.24) is 0 Å². The molecule has 0 aliphatic carbocycles. The summed E-state index contributed by atoms with van der Waals surface area (Å²) in [6, 6.07) is 0. The Morgan fingerprint density at radius 3 is 1.75 bits per heavy atom. The van der Waals surface area contributed by atoms with Gasteiger partial charge in [0.15, 0.2) is 0 Å². The van der Waals surface area contributed by atoms with Crippen LogP contribution in [0.5, 0.6) is 0 Å². The molecule has 0 saturated heterocycles. The lowest BCUT2D eigenvalue weighted by Gasteiger charge is -2.15. The normalized spacial score (nSPS) is 16.1. The molecule has 0 aliphatic heterocycles. The fourth-order valence-electron chi connectivity index (χ4n) is 0.0875. The van der Waals surface area contributed by atoms with Crippen LogP contribution in [-0.4, -0.2) is 12.8 Å². The Labute approximate surface area is 87.2 Å². The molecule has 1 atom stereocenters. The molecule has 0 radical (unpaired) electrons. The standard InChI is InChI=1S/C3H3Br4Cl/c4-2(1-8)3(5,6)7/h2H,1H2. The Balaban J connectivity index is 3.62. The summed E-state index contributed by atoms with van der Waals surface area (Å²) < 4.78 is -0.269. The second-order valence-corrected chi connectivity index (χ2v) is 9.52. The summed E-state index contributed by atoms with van der Waals surface area (Å²) in [6.45, 7) is 0. The third kappa shape index (κ3) is 4.09. The molecule has 0 rings (SSSR count). The summed E-state index contributed by atoms with van der Waals surface area (Å²) in [5.74, 6) is 0.543. The molecule has 0 amide bonds. The van der Waals surface area contributed by atoms with Crippen LogP contribution in [0.15, 0.2) is 0 Å². The number of rotatable bonds is 1. The molecule has 0 aromatic rings. The Bertz CT molecular complexity index is 68.2. The van der Waals surface area contributed by atoms with E-state index in [9.17, 15) is 0 Å². The molecule has 0 bridgehead atoms. The van der Waals surface area contributed by atoms with Crippen LogP contribution in [0.1, 0.15) is 0 Å². The molecule has 0 saturated carbocycles. The largest absolute Gasteiger partial charge is 0.148 e. The monoisotopic (exact) mass is 390 g/mol. The highest BCUT2D eigenvalue weighted by Gasteiger charge is 2.27. The number of hydrogen-bond acceptors (Lipinski definition) is 0. The van der Waals surface area contributed by atoms with Crippen molar-refractivity contribution >= 4 is 75.3 Å². The quantitative estimate of drug-likeness (QED) is 0.594. The molecule has 0 heterocycles. The van der Waals surface area contributed by atoms with Crippen molar-refractivity contribution in [1.29, 1.82) is 0 Å². The van der Waals surface area contributed by atoms with Gasteiger partial charge in [0.25, 0.3) is 0 Å². The van der Waals surface area contributed by atoms with Crippen LogP contribution >= 0.6 is 75.3 Å². The maximum Gasteiger partial charge on any atom is 0.148 e. The third-order valence-corrected chi connectivity index (χ3v) is 5.68. The molecule has 0 fully saturated rings. The Morgan fingerprint density at radius 1 is 1.38 bits per heavy atom. The molecule has 0 aromatic heterocycles. The molecule has 0 aliphatic rings. The molecule has 0 N–H and O–H groups in total. The zero-order chi connectivity index (χ0) is 6.78. The topological polar surface area (TPSA) is 0 Å². The highest BCUT2D eigenvalue weighted by molar-refractivity contribution is 9.40. The molecule has 0 spiro atoms. The lowest BCUT2D eigenvalue weighted by Crippen LogP contribution is -2.17. The van der Waals surface area contributed by atoms with Gasteiger partial charge >= 0.3 is 0 Å². The minimum Gasteiger partial charge on any atom is -0.125 e. The van der Waals surface area contributed by atoms with Gasteiger partial charge in [-0.15, -0.1) is 11.6 Å². The Kier molecular flexibility index (Phi) is 5.31. The van der Waals surface area contributed by atoms with Crippen LogP contribution in [-0.2, 0) is 0 Å². The molecule has 8 heavy (non-hydrogen) atoms. The van der Waals surface area contributed by atoms with Gasteiger partial charge in [0.2, 0.25) is 0 Å². The van der Waals surface area contributed by atoms with Gasteiger partial charge in [0, 0.05) is 5.88 Å². The Hall–Kier alpha value is 2.21. The first-order valence-corrected chi connectivity index (χ1v) is 5.58. The van der Waals surface area contributed by atoms with Gasteiger partial charge in [-0.1, -0.05) is 63.7 Å². The van der Waals surface area contributed by atoms with Crippen molar-refractivity contribution in [3.8, 4) is 0 Å². The maximum atomic E-state index is 5.50. The lowest BCUT2D eigenvalue weighted by atomic mass is 10.6. The van der Waals surface area contributed by atoms with Crippen LogP contribution < -0.4 is 0 Å². The predicted molar refractivity (Wildman–Crippen MR) is 52.9 cm³/mol. The first-order valence-electron chi connectivity index (χ1n) is 1.75. The van der Waals surface area contributed by atoms with Gasteiger partial charge in [-0.25, -0.2) is 0 Å². The van der Waals surface area contributed by atoms with Gasteiger partial charge < -0.3 is 0 Å². The highest BCUT2D eigenvalue weighted by Crippen LogP contribution is 2.41. The third-order valence-electron chi connectivity index (χ3n) is 0.491. The van der Waals surface area contributed by atoms with Crippen molar-refractivity contribution in [2.24, 2.45) is 0 Å². The van der Waals surface area contributed by atoms with Crippen molar-refractivity contribution in [2.45, 2.75) is 6.97 Å². The van der Waals surface area contributed by atoms with Crippen molar-refractivity contribution in [3.05, 3.63) is 0 Å². The number of hydrogen-bond donors (Lipinski definition) is 0. The maximum absolute atomic E-state index is 5.50. The molecular formula is C3H3Br4Cl. The van der Waals surface area contributed by atoms with E-state index < -0.39 is 0 Å². The van der Waals surface area contributed by atoms with Gasteiger partial charge in [-0.3, -0.25) is 0 Å². The molecule has 1 unspecified atom stereocenters. The van der Waals surface area contributed by atoms with Gasteiger partial charge in [0.1, 0.15) is 2.14 Å². The van der Waals surface area contributed by atoms with Crippen LogP contribution in [0, 0.1) is 0 Å². The van der Waals surface area contributed by atoms with E-state index >= 15 is 0 Å². The fraction of sp³-hybridized carbons (Fsp3) is 1.00. The average Bonchev–Trinajstić information content (AvgIpc) is 1.62. The molecule has 5 heteroatoms. The summed E-state index contributed by atoms with van der Waals surface area (Å²) in [7, 11) is 0. The zero-order valence-electron chi connectivity index (χ0n) is 3.67. The van der Waals surface area contributed by atoms with Crippen molar-refractivity contribution < 1.29 is 0 Å². The lowest BCUT2D eigenvalue weighted by molar-refractivity contribution is 1.10. The zero-order valence-corrected chi connectivity index (χ0v) is 10.8. The minimum atomic E-state index is -0.269. The molecule has 50 valence electrons. The van der Waals surface area contributed by atoms with E-state index in [1.807, 2.05) is 0 Å². The first-order chi connectivity index (χ1) is 3.48. The smallest absolute Gasteiger partial charge is 0.125 e. The molecule has 0 aromatic carbocycles. The van der Waals surface area contributed by atoms with Crippen molar-refractivity contribution in [3.63, 3.8) is 0 Å². The van der Waals surface area contributed by atoms with Crippen molar-refractivity contribution in [2.75, 3.05) is 5.88 Å². The molecular weight excluding hydrogens is 391 g/mol. The summed E-state index contributed by atoms with van der Waals surface area (Å²) >= 11 is 18.7. The summed E-state index contributed by atoms with van der Waals surface area (Å²) in [6.07, 6.45) is 0. The van der Waals surface area contributed by atoms with Crippen LogP contribution in [0.25, 0.3) is 0 Å². The molecule has 0 nitrogen and oxygen atoms in total. The summed E-state index contributed by atoms with van der Waals surface area (Å²) in [5.41, 5.74) is 0. The summed E-state index contributed by atoms with van der Waals surface area (Å²) in [5, 5.41) is 0. The average molecular weight is 394 g/mol.